The number of likely N-dealkylation sites (tertiary alicyclic amines) is 1. The van der Waals surface area contributed by atoms with Crippen LogP contribution in [0.5, 0.6) is 0 Å². The van der Waals surface area contributed by atoms with Crippen molar-refractivity contribution in [3.63, 3.8) is 0 Å². The van der Waals surface area contributed by atoms with Crippen molar-refractivity contribution in [3.05, 3.63) is 47.9 Å². The largest absolute Gasteiger partial charge is 0.378 e. The highest BCUT2D eigenvalue weighted by Gasteiger charge is 2.29. The molecule has 0 spiro atoms. The van der Waals surface area contributed by atoms with Crippen molar-refractivity contribution in [1.82, 2.24) is 24.9 Å². The Balaban J connectivity index is 1.48. The minimum Gasteiger partial charge on any atom is -0.378 e. The molecule has 1 N–H and O–H groups in total. The molecule has 124 valence electrons. The van der Waals surface area contributed by atoms with E-state index in [0.717, 1.165) is 29.6 Å². The number of nitrogens with one attached hydrogen (secondary N) is 1. The van der Waals surface area contributed by atoms with Crippen LogP contribution in [-0.4, -0.2) is 51.0 Å². The summed E-state index contributed by atoms with van der Waals surface area (Å²) in [4.78, 5) is 17.8. The van der Waals surface area contributed by atoms with Gasteiger partial charge in [-0.25, -0.2) is 4.68 Å². The molecule has 1 aliphatic heterocycles. The lowest BCUT2D eigenvalue weighted by atomic mass is 10.2. The first-order chi connectivity index (χ1) is 11.7. The van der Waals surface area contributed by atoms with Crippen molar-refractivity contribution >= 4 is 16.8 Å². The van der Waals surface area contributed by atoms with Crippen LogP contribution in [0.15, 0.2) is 36.5 Å². The summed E-state index contributed by atoms with van der Waals surface area (Å²) in [6.07, 6.45) is 2.77. The standard InChI is InChI=1S/C17H19N5O2/c1-24-11-13-9-22(20-19-13)14-6-7-21(10-14)17(23)16-8-12-4-2-3-5-15(12)18-16/h2-5,8-9,14,18H,6-7,10-11H2,1H3/t14-/m0/s1. The predicted molar refractivity (Wildman–Crippen MR) is 88.6 cm³/mol. The quantitative estimate of drug-likeness (QED) is 0.796. The number of H-pyrrole nitrogens is 1. The molecule has 2 aromatic heterocycles. The highest BCUT2D eigenvalue weighted by Crippen LogP contribution is 2.24. The van der Waals surface area contributed by atoms with Gasteiger partial charge in [-0.05, 0) is 18.6 Å². The maximum Gasteiger partial charge on any atom is 0.270 e. The SMILES string of the molecule is COCc1cn([C@H]2CCN(C(=O)c3cc4ccccc4[nH]3)C2)nn1. The summed E-state index contributed by atoms with van der Waals surface area (Å²) < 4.78 is 6.91. The average Bonchev–Trinajstić information content (AvgIpc) is 3.32. The van der Waals surface area contributed by atoms with E-state index in [1.165, 1.54) is 0 Å². The zero-order chi connectivity index (χ0) is 16.5. The minimum atomic E-state index is 0.0333. The number of amides is 1. The number of rotatable bonds is 4. The van der Waals surface area contributed by atoms with Crippen molar-refractivity contribution in [3.8, 4) is 0 Å². The van der Waals surface area contributed by atoms with E-state index in [9.17, 15) is 4.79 Å². The van der Waals surface area contributed by atoms with Crippen LogP contribution in [0.4, 0.5) is 0 Å². The van der Waals surface area contributed by atoms with Crippen LogP contribution in [0.1, 0.15) is 28.6 Å². The van der Waals surface area contributed by atoms with Crippen LogP contribution in [-0.2, 0) is 11.3 Å². The third kappa shape index (κ3) is 2.67. The maximum atomic E-state index is 12.7. The first-order valence-electron chi connectivity index (χ1n) is 8.01. The number of hydrogen-bond donors (Lipinski definition) is 1. The normalized spacial score (nSPS) is 17.7. The van der Waals surface area contributed by atoms with Gasteiger partial charge in [0.25, 0.3) is 5.91 Å². The lowest BCUT2D eigenvalue weighted by Gasteiger charge is -2.15. The van der Waals surface area contributed by atoms with Crippen LogP contribution < -0.4 is 0 Å². The number of ether oxygens (including phenoxy) is 1. The number of methoxy groups -OCH3 is 1. The van der Waals surface area contributed by atoms with Gasteiger partial charge in [-0.2, -0.15) is 0 Å². The second-order valence-corrected chi connectivity index (χ2v) is 6.09. The van der Waals surface area contributed by atoms with Crippen molar-refractivity contribution < 1.29 is 9.53 Å². The van der Waals surface area contributed by atoms with E-state index in [4.69, 9.17) is 4.74 Å². The fourth-order valence-electron chi connectivity index (χ4n) is 3.21. The van der Waals surface area contributed by atoms with E-state index in [0.29, 0.717) is 18.8 Å². The molecule has 0 radical (unpaired) electrons. The summed E-state index contributed by atoms with van der Waals surface area (Å²) in [7, 11) is 1.63. The van der Waals surface area contributed by atoms with Crippen LogP contribution >= 0.6 is 0 Å². The molecule has 1 amide bonds. The van der Waals surface area contributed by atoms with Crippen molar-refractivity contribution in [2.45, 2.75) is 19.1 Å². The zero-order valence-electron chi connectivity index (χ0n) is 13.5. The van der Waals surface area contributed by atoms with E-state index < -0.39 is 0 Å². The Hall–Kier alpha value is -2.67. The molecule has 1 aliphatic rings. The molecule has 3 heterocycles. The number of carbonyl (C=O) groups excluding carboxylic acids is 1. The topological polar surface area (TPSA) is 76.0 Å². The molecule has 24 heavy (non-hydrogen) atoms. The van der Waals surface area contributed by atoms with Crippen molar-refractivity contribution in [2.75, 3.05) is 20.2 Å². The van der Waals surface area contributed by atoms with Gasteiger partial charge in [0.2, 0.25) is 0 Å². The van der Waals surface area contributed by atoms with Gasteiger partial charge in [0.1, 0.15) is 11.4 Å². The highest BCUT2D eigenvalue weighted by molar-refractivity contribution is 5.98. The predicted octanol–water partition coefficient (Wildman–Crippen LogP) is 1.99. The second kappa shape index (κ2) is 6.09. The molecule has 4 rings (SSSR count). The number of aromatic nitrogens is 4. The van der Waals surface area contributed by atoms with Gasteiger partial charge in [-0.15, -0.1) is 5.10 Å². The third-order valence-electron chi connectivity index (χ3n) is 4.44. The molecule has 1 saturated heterocycles. The summed E-state index contributed by atoms with van der Waals surface area (Å²) in [5.41, 5.74) is 2.42. The van der Waals surface area contributed by atoms with Crippen molar-refractivity contribution in [2.24, 2.45) is 0 Å². The first kappa shape index (κ1) is 14.9. The van der Waals surface area contributed by atoms with E-state index in [-0.39, 0.29) is 11.9 Å². The molecule has 1 aromatic carbocycles. The van der Waals surface area contributed by atoms with Crippen LogP contribution in [0.2, 0.25) is 0 Å². The maximum absolute atomic E-state index is 12.7. The number of fused-ring (bicyclic) bond motifs is 1. The molecule has 7 heteroatoms. The van der Waals surface area contributed by atoms with Gasteiger partial charge in [0.15, 0.2) is 0 Å². The third-order valence-corrected chi connectivity index (χ3v) is 4.44. The molecule has 0 bridgehead atoms. The summed E-state index contributed by atoms with van der Waals surface area (Å²) in [6.45, 7) is 1.81. The van der Waals surface area contributed by atoms with Crippen LogP contribution in [0, 0.1) is 0 Å². The van der Waals surface area contributed by atoms with E-state index in [1.54, 1.807) is 7.11 Å². The lowest BCUT2D eigenvalue weighted by Crippen LogP contribution is -2.29. The molecular formula is C17H19N5O2. The summed E-state index contributed by atoms with van der Waals surface area (Å²) in [6, 6.07) is 9.99. The highest BCUT2D eigenvalue weighted by atomic mass is 16.5. The molecule has 1 fully saturated rings. The molecule has 3 aromatic rings. The van der Waals surface area contributed by atoms with E-state index >= 15 is 0 Å². The molecule has 1 atom stereocenters. The zero-order valence-corrected chi connectivity index (χ0v) is 13.5. The van der Waals surface area contributed by atoms with Gasteiger partial charge in [0.05, 0.1) is 18.8 Å². The lowest BCUT2D eigenvalue weighted by molar-refractivity contribution is 0.0782. The number of nitrogens with zero attached hydrogens (tertiary/aromatic N) is 4. The smallest absolute Gasteiger partial charge is 0.270 e. The molecular weight excluding hydrogens is 306 g/mol. The second-order valence-electron chi connectivity index (χ2n) is 6.09. The molecule has 0 aliphatic carbocycles. The Morgan fingerprint density at radius 2 is 2.29 bits per heavy atom. The Kier molecular flexibility index (Phi) is 3.78. The van der Waals surface area contributed by atoms with Crippen molar-refractivity contribution in [1.29, 1.82) is 0 Å². The molecule has 7 nitrogen and oxygen atoms in total. The van der Waals surface area contributed by atoms with Gasteiger partial charge < -0.3 is 14.6 Å². The molecule has 0 unspecified atom stereocenters. The number of aromatic amines is 1. The summed E-state index contributed by atoms with van der Waals surface area (Å²) in [5, 5.41) is 9.30. The van der Waals surface area contributed by atoms with Gasteiger partial charge in [-0.3, -0.25) is 4.79 Å². The van der Waals surface area contributed by atoms with E-state index in [2.05, 4.69) is 15.3 Å². The van der Waals surface area contributed by atoms with Crippen LogP contribution in [0.3, 0.4) is 0 Å². The number of benzene rings is 1. The Morgan fingerprint density at radius 3 is 3.12 bits per heavy atom. The van der Waals surface area contributed by atoms with Gasteiger partial charge in [-0.1, -0.05) is 23.4 Å². The first-order valence-corrected chi connectivity index (χ1v) is 8.01. The Morgan fingerprint density at radius 1 is 1.42 bits per heavy atom. The number of hydrogen-bond acceptors (Lipinski definition) is 4. The Labute approximate surface area is 139 Å². The monoisotopic (exact) mass is 325 g/mol. The summed E-state index contributed by atoms with van der Waals surface area (Å²) in [5.74, 6) is 0.0333. The van der Waals surface area contributed by atoms with Gasteiger partial charge >= 0.3 is 0 Å². The fraction of sp³-hybridized carbons (Fsp3) is 0.353. The van der Waals surface area contributed by atoms with E-state index in [1.807, 2.05) is 46.1 Å². The van der Waals surface area contributed by atoms with Crippen LogP contribution in [0.25, 0.3) is 10.9 Å². The number of carbonyl (C=O) groups is 1. The fourth-order valence-corrected chi connectivity index (χ4v) is 3.21. The number of para-hydroxylation sites is 1. The summed E-state index contributed by atoms with van der Waals surface area (Å²) >= 11 is 0. The van der Waals surface area contributed by atoms with Gasteiger partial charge in [0, 0.05) is 31.1 Å². The average molecular weight is 325 g/mol. The minimum absolute atomic E-state index is 0.0333. The molecule has 0 saturated carbocycles. The Bertz CT molecular complexity index is 836.